The summed E-state index contributed by atoms with van der Waals surface area (Å²) in [6, 6.07) is 0.283. The summed E-state index contributed by atoms with van der Waals surface area (Å²) < 4.78 is 7.24. The Hall–Kier alpha value is -1.88. The molecule has 0 amide bonds. The van der Waals surface area contributed by atoms with Crippen LogP contribution in [0.1, 0.15) is 48.4 Å². The Morgan fingerprint density at radius 2 is 2.00 bits per heavy atom. The molecule has 0 aliphatic heterocycles. The molecule has 5 nitrogen and oxygen atoms in total. The van der Waals surface area contributed by atoms with Crippen molar-refractivity contribution < 1.29 is 9.84 Å². The number of hydrogen-bond donors (Lipinski definition) is 1. The average molecular weight is 289 g/mol. The minimum atomic E-state index is -0.615. The maximum Gasteiger partial charge on any atom is 0.128 e. The molecule has 1 atom stereocenters. The summed E-state index contributed by atoms with van der Waals surface area (Å²) in [4.78, 5) is 4.43. The topological polar surface area (TPSA) is 60.2 Å². The molecule has 0 radical (unpaired) electrons. The van der Waals surface area contributed by atoms with E-state index in [0.717, 1.165) is 28.1 Å². The van der Waals surface area contributed by atoms with Crippen LogP contribution in [0.15, 0.2) is 18.6 Å². The van der Waals surface area contributed by atoms with Crippen LogP contribution in [0.3, 0.4) is 0 Å². The first-order valence-corrected chi connectivity index (χ1v) is 7.15. The van der Waals surface area contributed by atoms with E-state index in [-0.39, 0.29) is 6.04 Å². The quantitative estimate of drug-likeness (QED) is 0.919. The van der Waals surface area contributed by atoms with Crippen LogP contribution in [-0.2, 0) is 6.42 Å². The van der Waals surface area contributed by atoms with E-state index in [0.29, 0.717) is 6.42 Å². The molecule has 0 saturated carbocycles. The zero-order chi connectivity index (χ0) is 15.6. The molecule has 1 N–H and O–H groups in total. The number of aliphatic hydroxyl groups is 1. The normalized spacial score (nSPS) is 12.7. The lowest BCUT2D eigenvalue weighted by molar-refractivity contribution is 0.176. The van der Waals surface area contributed by atoms with Gasteiger partial charge < -0.3 is 9.84 Å². The summed E-state index contributed by atoms with van der Waals surface area (Å²) in [6.07, 6.45) is 5.22. The third-order valence-electron chi connectivity index (χ3n) is 3.67. The van der Waals surface area contributed by atoms with Gasteiger partial charge in [-0.05, 0) is 27.7 Å². The van der Waals surface area contributed by atoms with Gasteiger partial charge in [0.25, 0.3) is 0 Å². The molecule has 5 heteroatoms. The summed E-state index contributed by atoms with van der Waals surface area (Å²) in [7, 11) is 1.65. The fourth-order valence-electron chi connectivity index (χ4n) is 2.39. The number of aliphatic hydroxyl groups excluding tert-OH is 1. The van der Waals surface area contributed by atoms with Crippen LogP contribution in [0.4, 0.5) is 0 Å². The highest BCUT2D eigenvalue weighted by molar-refractivity contribution is 5.41. The first kappa shape index (κ1) is 15.5. The van der Waals surface area contributed by atoms with Gasteiger partial charge in [-0.1, -0.05) is 0 Å². The average Bonchev–Trinajstić information content (AvgIpc) is 2.92. The highest BCUT2D eigenvalue weighted by atomic mass is 16.5. The Bertz CT molecular complexity index is 620. The number of methoxy groups -OCH3 is 1. The zero-order valence-corrected chi connectivity index (χ0v) is 13.3. The second kappa shape index (κ2) is 6.26. The molecule has 2 heterocycles. The number of ether oxygens (including phenoxy) is 1. The molecule has 0 fully saturated rings. The van der Waals surface area contributed by atoms with Crippen molar-refractivity contribution in [2.45, 2.75) is 46.3 Å². The van der Waals surface area contributed by atoms with Crippen molar-refractivity contribution in [3.05, 3.63) is 41.0 Å². The minimum Gasteiger partial charge on any atom is -0.496 e. The Labute approximate surface area is 125 Å². The predicted molar refractivity (Wildman–Crippen MR) is 81.5 cm³/mol. The first-order chi connectivity index (χ1) is 9.93. The maximum absolute atomic E-state index is 10.4. The molecule has 2 rings (SSSR count). The number of rotatable bonds is 5. The molecule has 0 spiro atoms. The number of nitrogens with zero attached hydrogens (tertiary/aromatic N) is 3. The minimum absolute atomic E-state index is 0.283. The van der Waals surface area contributed by atoms with E-state index in [1.165, 1.54) is 0 Å². The summed E-state index contributed by atoms with van der Waals surface area (Å²) in [5.41, 5.74) is 3.64. The van der Waals surface area contributed by atoms with Gasteiger partial charge in [0.2, 0.25) is 0 Å². The summed E-state index contributed by atoms with van der Waals surface area (Å²) in [5, 5.41) is 14.7. The van der Waals surface area contributed by atoms with E-state index < -0.39 is 6.10 Å². The summed E-state index contributed by atoms with van der Waals surface area (Å²) in [5.74, 6) is 0.838. The van der Waals surface area contributed by atoms with Crippen LogP contribution in [-0.4, -0.2) is 27.0 Å². The molecule has 0 aromatic carbocycles. The molecular formula is C16H23N3O2. The smallest absolute Gasteiger partial charge is 0.128 e. The van der Waals surface area contributed by atoms with Gasteiger partial charge in [-0.2, -0.15) is 5.10 Å². The van der Waals surface area contributed by atoms with E-state index in [1.807, 2.05) is 24.7 Å². The lowest BCUT2D eigenvalue weighted by Gasteiger charge is -2.14. The van der Waals surface area contributed by atoms with E-state index in [2.05, 4.69) is 23.9 Å². The first-order valence-electron chi connectivity index (χ1n) is 7.15. The fourth-order valence-corrected chi connectivity index (χ4v) is 2.39. The van der Waals surface area contributed by atoms with Crippen LogP contribution in [0, 0.1) is 13.8 Å². The van der Waals surface area contributed by atoms with Crippen molar-refractivity contribution in [3.8, 4) is 5.75 Å². The van der Waals surface area contributed by atoms with Gasteiger partial charge in [-0.15, -0.1) is 0 Å². The molecule has 0 bridgehead atoms. The second-order valence-electron chi connectivity index (χ2n) is 5.61. The fraction of sp³-hybridized carbons (Fsp3) is 0.500. The molecule has 0 aliphatic carbocycles. The molecule has 114 valence electrons. The number of pyridine rings is 1. The van der Waals surface area contributed by atoms with Crippen molar-refractivity contribution in [2.24, 2.45) is 0 Å². The number of hydrogen-bond acceptors (Lipinski definition) is 4. The Morgan fingerprint density at radius 3 is 2.57 bits per heavy atom. The lowest BCUT2D eigenvalue weighted by atomic mass is 10.0. The van der Waals surface area contributed by atoms with Crippen LogP contribution in [0.5, 0.6) is 5.75 Å². The molecule has 1 unspecified atom stereocenters. The van der Waals surface area contributed by atoms with Crippen molar-refractivity contribution in [3.63, 3.8) is 0 Å². The lowest BCUT2D eigenvalue weighted by Crippen LogP contribution is -2.07. The zero-order valence-electron chi connectivity index (χ0n) is 13.3. The van der Waals surface area contributed by atoms with E-state index in [1.54, 1.807) is 19.5 Å². The van der Waals surface area contributed by atoms with E-state index >= 15 is 0 Å². The van der Waals surface area contributed by atoms with Crippen LogP contribution in [0.2, 0.25) is 0 Å². The van der Waals surface area contributed by atoms with Crippen LogP contribution >= 0.6 is 0 Å². The summed E-state index contributed by atoms with van der Waals surface area (Å²) in [6.45, 7) is 8.05. The van der Waals surface area contributed by atoms with Crippen molar-refractivity contribution >= 4 is 0 Å². The molecular weight excluding hydrogens is 266 g/mol. The van der Waals surface area contributed by atoms with Gasteiger partial charge in [-0.25, -0.2) is 0 Å². The van der Waals surface area contributed by atoms with Gasteiger partial charge in [0.05, 0.1) is 19.4 Å². The Kier molecular flexibility index (Phi) is 4.63. The van der Waals surface area contributed by atoms with E-state index in [4.69, 9.17) is 4.74 Å². The highest BCUT2D eigenvalue weighted by Gasteiger charge is 2.16. The van der Waals surface area contributed by atoms with Crippen molar-refractivity contribution in [1.82, 2.24) is 14.8 Å². The van der Waals surface area contributed by atoms with Gasteiger partial charge in [0.15, 0.2) is 0 Å². The van der Waals surface area contributed by atoms with Crippen LogP contribution in [0.25, 0.3) is 0 Å². The van der Waals surface area contributed by atoms with E-state index in [9.17, 15) is 5.11 Å². The van der Waals surface area contributed by atoms with Crippen molar-refractivity contribution in [2.75, 3.05) is 7.11 Å². The third-order valence-corrected chi connectivity index (χ3v) is 3.67. The molecule has 21 heavy (non-hydrogen) atoms. The summed E-state index contributed by atoms with van der Waals surface area (Å²) >= 11 is 0. The highest BCUT2D eigenvalue weighted by Crippen LogP contribution is 2.27. The SMILES string of the molecule is COc1c(C)cnc(CC(O)c2cnn(C(C)C)c2)c1C. The second-order valence-corrected chi connectivity index (χ2v) is 5.61. The number of aryl methyl sites for hydroxylation is 1. The number of aromatic nitrogens is 3. The third kappa shape index (κ3) is 3.24. The molecule has 0 aliphatic rings. The Balaban J connectivity index is 2.21. The van der Waals surface area contributed by atoms with Gasteiger partial charge >= 0.3 is 0 Å². The predicted octanol–water partition coefficient (Wildman–Crippen LogP) is 2.76. The Morgan fingerprint density at radius 1 is 1.29 bits per heavy atom. The van der Waals surface area contributed by atoms with Gasteiger partial charge in [0, 0.05) is 47.2 Å². The maximum atomic E-state index is 10.4. The monoisotopic (exact) mass is 289 g/mol. The molecule has 2 aromatic rings. The molecule has 0 saturated heterocycles. The standard InChI is InChI=1S/C16H23N3O2/c1-10(2)19-9-13(8-18-19)15(20)6-14-12(4)16(21-5)11(3)7-17-14/h7-10,15,20H,6H2,1-5H3. The van der Waals surface area contributed by atoms with Crippen molar-refractivity contribution in [1.29, 1.82) is 0 Å². The van der Waals surface area contributed by atoms with Crippen LogP contribution < -0.4 is 4.74 Å². The largest absolute Gasteiger partial charge is 0.496 e. The molecule has 2 aromatic heterocycles. The van der Waals surface area contributed by atoms with Gasteiger partial charge in [0.1, 0.15) is 5.75 Å². The van der Waals surface area contributed by atoms with Gasteiger partial charge in [-0.3, -0.25) is 9.67 Å².